The van der Waals surface area contributed by atoms with Gasteiger partial charge in [-0.05, 0) is 41.8 Å². The highest BCUT2D eigenvalue weighted by Gasteiger charge is 2.33. The third kappa shape index (κ3) is 4.32. The van der Waals surface area contributed by atoms with E-state index in [4.69, 9.17) is 9.47 Å². The molecule has 5 rings (SSSR count). The first-order valence-corrected chi connectivity index (χ1v) is 11.4. The second-order valence-electron chi connectivity index (χ2n) is 8.55. The molecule has 0 saturated heterocycles. The number of hydrogen-bond acceptors (Lipinski definition) is 5. The lowest BCUT2D eigenvalue weighted by atomic mass is 9.90. The van der Waals surface area contributed by atoms with Crippen LogP contribution in [0.5, 0.6) is 17.2 Å². The average Bonchev–Trinajstić information content (AvgIpc) is 2.91. The number of nitrogens with zero attached hydrogens (tertiary/aromatic N) is 2. The topological polar surface area (TPSA) is 99.9 Å². The van der Waals surface area contributed by atoms with E-state index in [0.29, 0.717) is 28.4 Å². The smallest absolute Gasteiger partial charge is 0.311 e. The van der Waals surface area contributed by atoms with E-state index < -0.39 is 18.0 Å². The minimum Gasteiger partial charge on any atom is -0.481 e. The van der Waals surface area contributed by atoms with E-state index in [2.05, 4.69) is 0 Å². The third-order valence-corrected chi connectivity index (χ3v) is 6.29. The van der Waals surface area contributed by atoms with Gasteiger partial charge in [0.25, 0.3) is 5.91 Å². The molecule has 0 saturated carbocycles. The number of fused-ring (bicyclic) bond motifs is 2. The lowest BCUT2D eigenvalue weighted by Gasteiger charge is -2.26. The summed E-state index contributed by atoms with van der Waals surface area (Å²) in [7, 11) is 1.75. The quantitative estimate of drug-likeness (QED) is 0.392. The van der Waals surface area contributed by atoms with E-state index >= 15 is 0 Å². The fourth-order valence-corrected chi connectivity index (χ4v) is 4.43. The Morgan fingerprint density at radius 1 is 1.00 bits per heavy atom. The minimum absolute atomic E-state index is 0.0990. The fourth-order valence-electron chi connectivity index (χ4n) is 4.43. The Morgan fingerprint density at radius 2 is 1.72 bits per heavy atom. The van der Waals surface area contributed by atoms with Crippen LogP contribution in [0.3, 0.4) is 0 Å². The molecule has 1 N–H and O–H groups in total. The van der Waals surface area contributed by atoms with Gasteiger partial charge in [-0.3, -0.25) is 9.59 Å². The fraction of sp³-hybridized carbons (Fsp3) is 0.138. The summed E-state index contributed by atoms with van der Waals surface area (Å²) in [6.45, 7) is 0. The van der Waals surface area contributed by atoms with Crippen LogP contribution >= 0.6 is 0 Å². The maximum atomic E-state index is 13.2. The lowest BCUT2D eigenvalue weighted by Crippen LogP contribution is -2.28. The van der Waals surface area contributed by atoms with Gasteiger partial charge in [-0.25, -0.2) is 0 Å². The molecule has 7 heteroatoms. The Labute approximate surface area is 207 Å². The molecule has 178 valence electrons. The Hall–Kier alpha value is -4.83. The van der Waals surface area contributed by atoms with E-state index in [-0.39, 0.29) is 12.3 Å². The Morgan fingerprint density at radius 3 is 2.47 bits per heavy atom. The summed E-state index contributed by atoms with van der Waals surface area (Å²) >= 11 is 0. The van der Waals surface area contributed by atoms with Crippen molar-refractivity contribution >= 4 is 28.3 Å². The summed E-state index contributed by atoms with van der Waals surface area (Å²) in [5, 5.41) is 20.8. The monoisotopic (exact) mass is 478 g/mol. The molecular weight excluding hydrogens is 456 g/mol. The maximum absolute atomic E-state index is 13.2. The highest BCUT2D eigenvalue weighted by molar-refractivity contribution is 6.10. The van der Waals surface area contributed by atoms with E-state index in [0.717, 1.165) is 16.5 Å². The normalized spacial score (nSPS) is 16.3. The standard InChI is InChI=1S/C29H22N2O5/c1-31(26-8-4-6-18-5-2-3-7-23(18)26)28(32)19-9-11-20(12-10-19)35-21-13-14-24-25(29(33)34)15-22(17-30)36-27(24)16-21/h2-14,16,22,25H,15H2,1H3,(H,33,34). The van der Waals surface area contributed by atoms with Crippen LogP contribution in [0.25, 0.3) is 10.8 Å². The Bertz CT molecular complexity index is 1500. The Kier molecular flexibility index (Phi) is 6.01. The summed E-state index contributed by atoms with van der Waals surface area (Å²) in [6.07, 6.45) is -0.736. The molecule has 1 aliphatic rings. The van der Waals surface area contributed by atoms with Gasteiger partial charge in [0.05, 0.1) is 11.6 Å². The number of carbonyl (C=O) groups is 2. The summed E-state index contributed by atoms with van der Waals surface area (Å²) in [5.41, 5.74) is 1.84. The number of carboxylic acids is 1. The average molecular weight is 479 g/mol. The van der Waals surface area contributed by atoms with Gasteiger partial charge in [0.15, 0.2) is 6.10 Å². The number of nitriles is 1. The maximum Gasteiger partial charge on any atom is 0.311 e. The molecule has 0 fully saturated rings. The van der Waals surface area contributed by atoms with Gasteiger partial charge < -0.3 is 19.5 Å². The van der Waals surface area contributed by atoms with Crippen molar-refractivity contribution in [3.63, 3.8) is 0 Å². The van der Waals surface area contributed by atoms with Crippen molar-refractivity contribution in [2.45, 2.75) is 18.4 Å². The van der Waals surface area contributed by atoms with Gasteiger partial charge in [-0.2, -0.15) is 5.26 Å². The molecule has 1 heterocycles. The number of ether oxygens (including phenoxy) is 2. The second-order valence-corrected chi connectivity index (χ2v) is 8.55. The van der Waals surface area contributed by atoms with Crippen LogP contribution < -0.4 is 14.4 Å². The van der Waals surface area contributed by atoms with E-state index in [1.807, 2.05) is 48.5 Å². The lowest BCUT2D eigenvalue weighted by molar-refractivity contribution is -0.139. The molecule has 1 aliphatic heterocycles. The first kappa shape index (κ1) is 22.9. The van der Waals surface area contributed by atoms with Crippen molar-refractivity contribution in [1.29, 1.82) is 5.26 Å². The molecule has 0 aromatic heterocycles. The van der Waals surface area contributed by atoms with Crippen molar-refractivity contribution in [2.24, 2.45) is 0 Å². The molecule has 0 spiro atoms. The minimum atomic E-state index is -0.998. The second kappa shape index (κ2) is 9.43. The van der Waals surface area contributed by atoms with Crippen LogP contribution in [-0.2, 0) is 4.79 Å². The zero-order chi connectivity index (χ0) is 25.2. The van der Waals surface area contributed by atoms with Crippen molar-refractivity contribution in [3.8, 4) is 23.3 Å². The molecule has 4 aromatic rings. The number of carboxylic acid groups (broad SMARTS) is 1. The van der Waals surface area contributed by atoms with Crippen molar-refractivity contribution < 1.29 is 24.2 Å². The third-order valence-electron chi connectivity index (χ3n) is 6.29. The molecule has 0 radical (unpaired) electrons. The van der Waals surface area contributed by atoms with Crippen LogP contribution in [0.2, 0.25) is 0 Å². The zero-order valence-electron chi connectivity index (χ0n) is 19.4. The summed E-state index contributed by atoms with van der Waals surface area (Å²) in [6, 6.07) is 27.4. The highest BCUT2D eigenvalue weighted by atomic mass is 16.5. The van der Waals surface area contributed by atoms with Crippen molar-refractivity contribution in [2.75, 3.05) is 11.9 Å². The van der Waals surface area contributed by atoms with E-state index in [1.54, 1.807) is 54.4 Å². The van der Waals surface area contributed by atoms with Crippen LogP contribution in [0, 0.1) is 11.3 Å². The molecule has 1 amide bonds. The van der Waals surface area contributed by atoms with E-state index in [9.17, 15) is 20.0 Å². The van der Waals surface area contributed by atoms with Crippen molar-refractivity contribution in [1.82, 2.24) is 0 Å². The molecular formula is C29H22N2O5. The van der Waals surface area contributed by atoms with Crippen LogP contribution in [0.4, 0.5) is 5.69 Å². The molecule has 2 atom stereocenters. The summed E-state index contributed by atoms with van der Waals surface area (Å²) < 4.78 is 11.5. The number of anilines is 1. The van der Waals surface area contributed by atoms with Gasteiger partial charge in [-0.1, -0.05) is 42.5 Å². The largest absolute Gasteiger partial charge is 0.481 e. The van der Waals surface area contributed by atoms with Crippen molar-refractivity contribution in [3.05, 3.63) is 96.1 Å². The van der Waals surface area contributed by atoms with Gasteiger partial charge in [0.1, 0.15) is 23.3 Å². The summed E-state index contributed by atoms with van der Waals surface area (Å²) in [4.78, 5) is 26.4. The molecule has 0 aliphatic carbocycles. The predicted octanol–water partition coefficient (Wildman–Crippen LogP) is 5.75. The van der Waals surface area contributed by atoms with Crippen LogP contribution in [0.15, 0.2) is 84.9 Å². The molecule has 2 unspecified atom stereocenters. The summed E-state index contributed by atoms with van der Waals surface area (Å²) in [5.74, 6) is -0.701. The zero-order valence-corrected chi connectivity index (χ0v) is 19.4. The highest BCUT2D eigenvalue weighted by Crippen LogP contribution is 2.39. The van der Waals surface area contributed by atoms with Gasteiger partial charge in [0.2, 0.25) is 0 Å². The first-order valence-electron chi connectivity index (χ1n) is 11.4. The van der Waals surface area contributed by atoms with E-state index in [1.165, 1.54) is 0 Å². The molecule has 7 nitrogen and oxygen atoms in total. The molecule has 0 bridgehead atoms. The molecule has 4 aromatic carbocycles. The number of amides is 1. The van der Waals surface area contributed by atoms with Crippen LogP contribution in [0.1, 0.15) is 28.3 Å². The SMILES string of the molecule is CN(C(=O)c1ccc(Oc2ccc3c(c2)OC(C#N)CC3C(=O)O)cc1)c1cccc2ccccc12. The number of rotatable bonds is 5. The number of carbonyl (C=O) groups excluding carboxylic acids is 1. The van der Waals surface area contributed by atoms with Gasteiger partial charge in [-0.15, -0.1) is 0 Å². The Balaban J connectivity index is 1.34. The predicted molar refractivity (Wildman–Crippen MR) is 135 cm³/mol. The first-order chi connectivity index (χ1) is 17.4. The number of hydrogen-bond donors (Lipinski definition) is 1. The number of aliphatic carboxylic acids is 1. The van der Waals surface area contributed by atoms with Gasteiger partial charge >= 0.3 is 5.97 Å². The molecule has 36 heavy (non-hydrogen) atoms. The number of benzene rings is 4. The van der Waals surface area contributed by atoms with Crippen LogP contribution in [-0.4, -0.2) is 30.1 Å². The van der Waals surface area contributed by atoms with Gasteiger partial charge in [0, 0.05) is 36.0 Å².